The minimum Gasteiger partial charge on any atom is -0.467 e. The molecule has 1 amide bonds. The number of carbonyl (C=O) groups excluding carboxylic acids is 2. The zero-order valence-electron chi connectivity index (χ0n) is 15.0. The lowest BCUT2D eigenvalue weighted by Crippen LogP contribution is -2.51. The largest absolute Gasteiger partial charge is 0.467 e. The highest BCUT2D eigenvalue weighted by molar-refractivity contribution is 5.85. The van der Waals surface area contributed by atoms with Gasteiger partial charge in [-0.25, -0.2) is 4.79 Å². The number of piperidine rings is 1. The van der Waals surface area contributed by atoms with Crippen LogP contribution in [-0.4, -0.2) is 69.1 Å². The first-order valence-electron chi connectivity index (χ1n) is 8.87. The molecule has 24 heavy (non-hydrogen) atoms. The summed E-state index contributed by atoms with van der Waals surface area (Å²) in [6, 6.07) is -0.588. The van der Waals surface area contributed by atoms with E-state index in [1.54, 1.807) is 0 Å². The van der Waals surface area contributed by atoms with Gasteiger partial charge in [-0.1, -0.05) is 20.3 Å². The van der Waals surface area contributed by atoms with Gasteiger partial charge in [0.2, 0.25) is 5.91 Å². The van der Waals surface area contributed by atoms with Crippen LogP contribution in [0, 0.1) is 11.8 Å². The van der Waals surface area contributed by atoms with Crippen molar-refractivity contribution >= 4 is 11.9 Å². The van der Waals surface area contributed by atoms with E-state index in [0.717, 1.165) is 32.4 Å². The van der Waals surface area contributed by atoms with E-state index >= 15 is 0 Å². The third-order valence-corrected chi connectivity index (χ3v) is 4.93. The second-order valence-electron chi connectivity index (χ2n) is 6.70. The van der Waals surface area contributed by atoms with Gasteiger partial charge in [-0.3, -0.25) is 9.69 Å². The van der Waals surface area contributed by atoms with Gasteiger partial charge in [0.15, 0.2) is 6.29 Å². The molecule has 0 aromatic carbocycles. The summed E-state index contributed by atoms with van der Waals surface area (Å²) in [5.41, 5.74) is 0. The number of amides is 1. The minimum absolute atomic E-state index is 0.0378. The average molecular weight is 342 g/mol. The van der Waals surface area contributed by atoms with Crippen LogP contribution in [0.5, 0.6) is 0 Å². The molecule has 2 saturated heterocycles. The number of hydrogen-bond acceptors (Lipinski definition) is 6. The maximum Gasteiger partial charge on any atom is 0.328 e. The summed E-state index contributed by atoms with van der Waals surface area (Å²) < 4.78 is 16.0. The van der Waals surface area contributed by atoms with Gasteiger partial charge in [-0.15, -0.1) is 0 Å². The first-order chi connectivity index (χ1) is 11.5. The van der Waals surface area contributed by atoms with Crippen molar-refractivity contribution in [1.82, 2.24) is 10.2 Å². The number of nitrogens with zero attached hydrogens (tertiary/aromatic N) is 1. The third-order valence-electron chi connectivity index (χ3n) is 4.93. The van der Waals surface area contributed by atoms with Crippen LogP contribution in [0.2, 0.25) is 0 Å². The monoisotopic (exact) mass is 342 g/mol. The molecule has 2 rings (SSSR count). The summed E-state index contributed by atoms with van der Waals surface area (Å²) in [5.74, 6) is -0.183. The van der Waals surface area contributed by atoms with Gasteiger partial charge < -0.3 is 19.5 Å². The fraction of sp³-hybridized carbons (Fsp3) is 0.882. The Hall–Kier alpha value is -1.18. The molecule has 138 valence electrons. The van der Waals surface area contributed by atoms with Crippen molar-refractivity contribution in [3.05, 3.63) is 0 Å². The number of hydrogen-bond donors (Lipinski definition) is 1. The van der Waals surface area contributed by atoms with E-state index in [1.807, 2.05) is 13.8 Å². The molecule has 7 nitrogen and oxygen atoms in total. The lowest BCUT2D eigenvalue weighted by molar-refractivity contribution is -0.147. The number of esters is 1. The highest BCUT2D eigenvalue weighted by Crippen LogP contribution is 2.24. The quantitative estimate of drug-likeness (QED) is 0.689. The van der Waals surface area contributed by atoms with Crippen molar-refractivity contribution in [2.24, 2.45) is 11.8 Å². The molecule has 1 N–H and O–H groups in total. The number of likely N-dealkylation sites (tertiary alicyclic amines) is 1. The molecule has 0 aromatic heterocycles. The zero-order chi connectivity index (χ0) is 17.5. The Bertz CT molecular complexity index is 425. The van der Waals surface area contributed by atoms with E-state index in [0.29, 0.717) is 19.1 Å². The van der Waals surface area contributed by atoms with E-state index < -0.39 is 6.04 Å². The number of nitrogens with one attached hydrogen (secondary N) is 1. The number of carbonyl (C=O) groups is 2. The summed E-state index contributed by atoms with van der Waals surface area (Å²) in [7, 11) is 1.35. The summed E-state index contributed by atoms with van der Waals surface area (Å²) in [5, 5.41) is 2.83. The van der Waals surface area contributed by atoms with Gasteiger partial charge in [0.05, 0.1) is 26.9 Å². The second kappa shape index (κ2) is 9.34. The molecule has 7 heteroatoms. The molecule has 2 aliphatic heterocycles. The molecular weight excluding hydrogens is 312 g/mol. The molecule has 0 spiro atoms. The summed E-state index contributed by atoms with van der Waals surface area (Å²) in [6.07, 6.45) is 2.73. The van der Waals surface area contributed by atoms with E-state index in [9.17, 15) is 9.59 Å². The van der Waals surface area contributed by atoms with Crippen LogP contribution < -0.4 is 5.32 Å². The first kappa shape index (κ1) is 19.1. The predicted octanol–water partition coefficient (Wildman–Crippen LogP) is 0.775. The molecule has 0 aliphatic carbocycles. The SMILES string of the molecule is CCC(C)C(NC(=O)CN1CCCC(C2OCCO2)C1)C(=O)OC. The summed E-state index contributed by atoms with van der Waals surface area (Å²) >= 11 is 0. The molecule has 3 unspecified atom stereocenters. The van der Waals surface area contributed by atoms with Gasteiger partial charge in [-0.05, 0) is 25.3 Å². The standard InChI is InChI=1S/C17H30N2O5/c1-4-12(2)15(16(21)22-3)18-14(20)11-19-7-5-6-13(10-19)17-23-8-9-24-17/h12-13,15,17H,4-11H2,1-3H3,(H,18,20). The van der Waals surface area contributed by atoms with Gasteiger partial charge in [0.1, 0.15) is 6.04 Å². The lowest BCUT2D eigenvalue weighted by Gasteiger charge is -2.34. The van der Waals surface area contributed by atoms with Crippen molar-refractivity contribution in [3.63, 3.8) is 0 Å². The summed E-state index contributed by atoms with van der Waals surface area (Å²) in [4.78, 5) is 26.4. The Kier molecular flexibility index (Phi) is 7.45. The highest BCUT2D eigenvalue weighted by Gasteiger charge is 2.32. The zero-order valence-corrected chi connectivity index (χ0v) is 15.0. The fourth-order valence-corrected chi connectivity index (χ4v) is 3.32. The van der Waals surface area contributed by atoms with Crippen molar-refractivity contribution in [2.45, 2.75) is 45.4 Å². The predicted molar refractivity (Wildman–Crippen MR) is 88.3 cm³/mol. The van der Waals surface area contributed by atoms with E-state index in [-0.39, 0.29) is 30.6 Å². The van der Waals surface area contributed by atoms with E-state index in [4.69, 9.17) is 14.2 Å². The smallest absolute Gasteiger partial charge is 0.328 e. The first-order valence-corrected chi connectivity index (χ1v) is 8.87. The van der Waals surface area contributed by atoms with Crippen LogP contribution in [-0.2, 0) is 23.8 Å². The van der Waals surface area contributed by atoms with Crippen LogP contribution >= 0.6 is 0 Å². The Balaban J connectivity index is 1.84. The Labute approximate surface area is 144 Å². The molecule has 2 heterocycles. The Morgan fingerprint density at radius 3 is 2.67 bits per heavy atom. The third kappa shape index (κ3) is 5.16. The fourth-order valence-electron chi connectivity index (χ4n) is 3.32. The van der Waals surface area contributed by atoms with E-state index in [2.05, 4.69) is 10.2 Å². The van der Waals surface area contributed by atoms with Gasteiger partial charge >= 0.3 is 5.97 Å². The number of methoxy groups -OCH3 is 1. The maximum absolute atomic E-state index is 12.4. The second-order valence-corrected chi connectivity index (χ2v) is 6.70. The van der Waals surface area contributed by atoms with Gasteiger partial charge in [0.25, 0.3) is 0 Å². The van der Waals surface area contributed by atoms with Crippen LogP contribution in [0.4, 0.5) is 0 Å². The van der Waals surface area contributed by atoms with Gasteiger partial charge in [-0.2, -0.15) is 0 Å². The lowest BCUT2D eigenvalue weighted by atomic mass is 9.97. The number of rotatable bonds is 7. The normalized spacial score (nSPS) is 25.2. The van der Waals surface area contributed by atoms with Crippen molar-refractivity contribution in [2.75, 3.05) is 40.0 Å². The highest BCUT2D eigenvalue weighted by atomic mass is 16.7. The topological polar surface area (TPSA) is 77.1 Å². The molecule has 0 radical (unpaired) electrons. The van der Waals surface area contributed by atoms with Crippen LogP contribution in [0.3, 0.4) is 0 Å². The molecule has 0 bridgehead atoms. The van der Waals surface area contributed by atoms with Crippen molar-refractivity contribution in [1.29, 1.82) is 0 Å². The summed E-state index contributed by atoms with van der Waals surface area (Å²) in [6.45, 7) is 7.17. The van der Waals surface area contributed by atoms with Gasteiger partial charge in [0, 0.05) is 12.5 Å². The average Bonchev–Trinajstić information content (AvgIpc) is 3.13. The van der Waals surface area contributed by atoms with Crippen molar-refractivity contribution < 1.29 is 23.8 Å². The minimum atomic E-state index is -0.588. The number of ether oxygens (including phenoxy) is 3. The molecule has 3 atom stereocenters. The molecular formula is C17H30N2O5. The molecule has 2 aliphatic rings. The molecule has 0 aromatic rings. The van der Waals surface area contributed by atoms with E-state index in [1.165, 1.54) is 7.11 Å². The van der Waals surface area contributed by atoms with Crippen LogP contribution in [0.25, 0.3) is 0 Å². The Morgan fingerprint density at radius 2 is 2.04 bits per heavy atom. The maximum atomic E-state index is 12.4. The molecule has 2 fully saturated rings. The Morgan fingerprint density at radius 1 is 1.33 bits per heavy atom. The van der Waals surface area contributed by atoms with Crippen LogP contribution in [0.1, 0.15) is 33.1 Å². The van der Waals surface area contributed by atoms with Crippen LogP contribution in [0.15, 0.2) is 0 Å². The van der Waals surface area contributed by atoms with Crippen molar-refractivity contribution in [3.8, 4) is 0 Å². The molecule has 0 saturated carbocycles.